The summed E-state index contributed by atoms with van der Waals surface area (Å²) in [6.45, 7) is 4.72. The molecule has 6 atom stereocenters. The van der Waals surface area contributed by atoms with Crippen LogP contribution < -0.4 is 0 Å². The minimum atomic E-state index is -0.930. The number of hydrogen-bond donors (Lipinski definition) is 3. The molecule has 2 fully saturated rings. The lowest BCUT2D eigenvalue weighted by Crippen LogP contribution is -2.22. The van der Waals surface area contributed by atoms with Crippen LogP contribution in [0.3, 0.4) is 0 Å². The van der Waals surface area contributed by atoms with Gasteiger partial charge in [0.25, 0.3) is 0 Å². The van der Waals surface area contributed by atoms with Gasteiger partial charge in [-0.2, -0.15) is 0 Å². The van der Waals surface area contributed by atoms with Gasteiger partial charge in [-0.25, -0.2) is 4.79 Å². The quantitative estimate of drug-likeness (QED) is 0.340. The summed E-state index contributed by atoms with van der Waals surface area (Å²) in [5.41, 5.74) is 0. The fourth-order valence-electron chi connectivity index (χ4n) is 5.14. The maximum atomic E-state index is 10.6. The molecule has 0 aromatic heterocycles. The Labute approximate surface area is 163 Å². The fraction of sp³-hybridized carbons (Fsp3) is 0.864. The second-order valence-corrected chi connectivity index (χ2v) is 8.78. The van der Waals surface area contributed by atoms with Gasteiger partial charge in [-0.05, 0) is 68.3 Å². The van der Waals surface area contributed by atoms with E-state index >= 15 is 0 Å². The highest BCUT2D eigenvalue weighted by Crippen LogP contribution is 2.52. The summed E-state index contributed by atoms with van der Waals surface area (Å²) in [6, 6.07) is 0. The van der Waals surface area contributed by atoms with Gasteiger partial charge in [-0.1, -0.05) is 33.1 Å². The monoisotopic (exact) mass is 382 g/mol. The van der Waals surface area contributed by atoms with E-state index in [1.54, 1.807) is 0 Å². The molecular weight excluding hydrogens is 344 g/mol. The molecule has 5 heteroatoms. The minimum absolute atomic E-state index is 0.120. The Morgan fingerprint density at radius 2 is 2.00 bits per heavy atom. The number of aliphatic hydroxyl groups excluding tert-OH is 2. The van der Waals surface area contributed by atoms with Crippen molar-refractivity contribution < 1.29 is 24.9 Å². The van der Waals surface area contributed by atoms with Crippen LogP contribution in [0.25, 0.3) is 0 Å². The summed E-state index contributed by atoms with van der Waals surface area (Å²) in [5, 5.41) is 29.7. The average molecular weight is 383 g/mol. The Morgan fingerprint density at radius 3 is 2.70 bits per heavy atom. The van der Waals surface area contributed by atoms with E-state index in [4.69, 9.17) is 9.84 Å². The number of hydrogen-bond acceptors (Lipinski definition) is 4. The van der Waals surface area contributed by atoms with Crippen molar-refractivity contribution in [2.45, 2.75) is 77.7 Å². The first kappa shape index (κ1) is 22.2. The maximum absolute atomic E-state index is 10.6. The number of aliphatic hydroxyl groups is 2. The highest BCUT2D eigenvalue weighted by Gasteiger charge is 2.49. The number of unbranched alkanes of at least 4 members (excludes halogenated alkanes) is 1. The summed E-state index contributed by atoms with van der Waals surface area (Å²) >= 11 is 0. The largest absolute Gasteiger partial charge is 0.512 e. The fourth-order valence-corrected chi connectivity index (χ4v) is 5.14. The van der Waals surface area contributed by atoms with E-state index in [2.05, 4.69) is 13.8 Å². The molecule has 27 heavy (non-hydrogen) atoms. The molecule has 0 aliphatic heterocycles. The van der Waals surface area contributed by atoms with Crippen LogP contribution in [0.4, 0.5) is 0 Å². The lowest BCUT2D eigenvalue weighted by molar-refractivity contribution is -0.142. The van der Waals surface area contributed by atoms with E-state index in [1.807, 2.05) is 6.08 Å². The molecule has 2 aliphatic rings. The van der Waals surface area contributed by atoms with Crippen molar-refractivity contribution in [1.29, 1.82) is 0 Å². The Morgan fingerprint density at radius 1 is 1.22 bits per heavy atom. The summed E-state index contributed by atoms with van der Waals surface area (Å²) in [4.78, 5) is 10.5. The molecule has 0 radical (unpaired) electrons. The Hall–Kier alpha value is -1.07. The van der Waals surface area contributed by atoms with Gasteiger partial charge in [0.2, 0.25) is 0 Å². The van der Waals surface area contributed by atoms with Crippen LogP contribution >= 0.6 is 0 Å². The Kier molecular flexibility index (Phi) is 9.10. The molecule has 0 bridgehead atoms. The number of fused-ring (bicyclic) bond motifs is 1. The zero-order valence-electron chi connectivity index (χ0n) is 17.0. The molecule has 0 aromatic rings. The van der Waals surface area contributed by atoms with Gasteiger partial charge >= 0.3 is 5.97 Å². The molecule has 0 heterocycles. The molecule has 0 amide bonds. The topological polar surface area (TPSA) is 87.0 Å². The maximum Gasteiger partial charge on any atom is 0.329 e. The van der Waals surface area contributed by atoms with E-state index in [-0.39, 0.29) is 12.5 Å². The SMILES string of the molecule is CCCCC(C)CCC=C(O)[C@H]1[C@@H]2C[C@H](CCOCC(=O)O)C[C@@H]2C[C@@H]1O. The van der Waals surface area contributed by atoms with E-state index in [0.717, 1.165) is 38.5 Å². The first-order valence-electron chi connectivity index (χ1n) is 10.8. The number of rotatable bonds is 12. The Bertz CT molecular complexity index is 489. The molecule has 0 aromatic carbocycles. The molecule has 3 N–H and O–H groups in total. The van der Waals surface area contributed by atoms with Gasteiger partial charge in [0, 0.05) is 12.5 Å². The van der Waals surface area contributed by atoms with Crippen molar-refractivity contribution in [3.63, 3.8) is 0 Å². The van der Waals surface area contributed by atoms with E-state index in [0.29, 0.717) is 36.0 Å². The smallest absolute Gasteiger partial charge is 0.329 e. The Balaban J connectivity index is 1.79. The van der Waals surface area contributed by atoms with Crippen molar-refractivity contribution in [3.05, 3.63) is 11.8 Å². The third-order valence-corrected chi connectivity index (χ3v) is 6.57. The van der Waals surface area contributed by atoms with E-state index < -0.39 is 12.1 Å². The van der Waals surface area contributed by atoms with Crippen molar-refractivity contribution in [2.24, 2.45) is 29.6 Å². The van der Waals surface area contributed by atoms with Crippen LogP contribution in [0.1, 0.15) is 71.6 Å². The highest BCUT2D eigenvalue weighted by molar-refractivity contribution is 5.67. The number of aliphatic carboxylic acids is 1. The van der Waals surface area contributed by atoms with Crippen molar-refractivity contribution in [2.75, 3.05) is 13.2 Å². The highest BCUT2D eigenvalue weighted by atomic mass is 16.5. The molecule has 5 nitrogen and oxygen atoms in total. The molecular formula is C22H38O5. The van der Waals surface area contributed by atoms with Gasteiger partial charge in [-0.15, -0.1) is 0 Å². The number of carbonyl (C=O) groups is 1. The van der Waals surface area contributed by atoms with Crippen LogP contribution in [-0.4, -0.2) is 40.6 Å². The van der Waals surface area contributed by atoms with Gasteiger partial charge in [0.15, 0.2) is 0 Å². The molecule has 2 rings (SSSR count). The van der Waals surface area contributed by atoms with Crippen LogP contribution in [0, 0.1) is 29.6 Å². The van der Waals surface area contributed by atoms with Crippen LogP contribution in [-0.2, 0) is 9.53 Å². The van der Waals surface area contributed by atoms with Crippen molar-refractivity contribution in [3.8, 4) is 0 Å². The predicted molar refractivity (Wildman–Crippen MR) is 106 cm³/mol. The average Bonchev–Trinajstić information content (AvgIpc) is 3.12. The molecule has 0 saturated heterocycles. The molecule has 2 saturated carbocycles. The van der Waals surface area contributed by atoms with Crippen molar-refractivity contribution >= 4 is 5.97 Å². The normalized spacial score (nSPS) is 31.8. The van der Waals surface area contributed by atoms with E-state index in [9.17, 15) is 15.0 Å². The number of ether oxygens (including phenoxy) is 1. The first-order valence-corrected chi connectivity index (χ1v) is 10.8. The molecule has 156 valence electrons. The number of carboxylic acids is 1. The first-order chi connectivity index (χ1) is 12.9. The van der Waals surface area contributed by atoms with Crippen LogP contribution in [0.5, 0.6) is 0 Å². The standard InChI is InChI=1S/C22H38O5/c1-3-4-6-15(2)7-5-8-19(23)22-18-12-16(9-10-27-14-21(25)26)11-17(18)13-20(22)24/h8,15-18,20,22-24H,3-7,9-14H2,1-2H3,(H,25,26)/t15?,16-,17-,18-,20+,22-/m1/s1. The lowest BCUT2D eigenvalue weighted by Gasteiger charge is -2.22. The second-order valence-electron chi connectivity index (χ2n) is 8.78. The third-order valence-electron chi connectivity index (χ3n) is 6.57. The zero-order chi connectivity index (χ0) is 19.8. The second kappa shape index (κ2) is 11.1. The van der Waals surface area contributed by atoms with Gasteiger partial charge in [0.05, 0.1) is 11.9 Å². The third kappa shape index (κ3) is 6.79. The molecule has 0 spiro atoms. The van der Waals surface area contributed by atoms with Crippen molar-refractivity contribution in [1.82, 2.24) is 0 Å². The van der Waals surface area contributed by atoms with Crippen LogP contribution in [0.15, 0.2) is 11.8 Å². The summed E-state index contributed by atoms with van der Waals surface area (Å²) < 4.78 is 5.17. The predicted octanol–water partition coefficient (Wildman–Crippen LogP) is 4.55. The molecule has 1 unspecified atom stereocenters. The minimum Gasteiger partial charge on any atom is -0.512 e. The number of carboxylic acid groups (broad SMARTS) is 1. The number of allylic oxidation sites excluding steroid dienone is 1. The molecule has 2 aliphatic carbocycles. The zero-order valence-corrected chi connectivity index (χ0v) is 17.0. The summed E-state index contributed by atoms with van der Waals surface area (Å²) in [6.07, 6.45) is 10.9. The van der Waals surface area contributed by atoms with Gasteiger partial charge < -0.3 is 20.1 Å². The lowest BCUT2D eigenvalue weighted by atomic mass is 9.87. The van der Waals surface area contributed by atoms with Crippen LogP contribution in [0.2, 0.25) is 0 Å². The van der Waals surface area contributed by atoms with Gasteiger partial charge in [0.1, 0.15) is 6.61 Å². The van der Waals surface area contributed by atoms with Gasteiger partial charge in [-0.3, -0.25) is 0 Å². The summed E-state index contributed by atoms with van der Waals surface area (Å²) in [7, 11) is 0. The van der Waals surface area contributed by atoms with E-state index in [1.165, 1.54) is 19.3 Å². The summed E-state index contributed by atoms with van der Waals surface area (Å²) in [5.74, 6) is 1.33.